The fourth-order valence-electron chi connectivity index (χ4n) is 3.52. The number of halogens is 1. The van der Waals surface area contributed by atoms with E-state index in [4.69, 9.17) is 4.52 Å². The van der Waals surface area contributed by atoms with E-state index in [1.807, 2.05) is 13.0 Å². The van der Waals surface area contributed by atoms with Crippen LogP contribution in [0.5, 0.6) is 0 Å². The maximum Gasteiger partial charge on any atom is 0.237 e. The minimum absolute atomic E-state index is 0.0527. The summed E-state index contributed by atoms with van der Waals surface area (Å²) in [5.74, 6) is 0.152. The number of amides is 1. The zero-order valence-corrected chi connectivity index (χ0v) is 15.7. The number of nitrogens with zero attached hydrogens (tertiary/aromatic N) is 2. The zero-order chi connectivity index (χ0) is 19.5. The molecule has 1 unspecified atom stereocenters. The summed E-state index contributed by atoms with van der Waals surface area (Å²) in [5, 5.41) is 6.87. The molecule has 1 aliphatic rings. The fourth-order valence-corrected chi connectivity index (χ4v) is 3.52. The van der Waals surface area contributed by atoms with Gasteiger partial charge in [-0.15, -0.1) is 0 Å². The van der Waals surface area contributed by atoms with Gasteiger partial charge in [0.2, 0.25) is 5.91 Å². The predicted octanol–water partition coefficient (Wildman–Crippen LogP) is 3.54. The predicted molar refractivity (Wildman–Crippen MR) is 104 cm³/mol. The number of carbonyl (C=O) groups is 1. The standard InChI is InChI=1S/C22H22FN3O2/c1-15(26-10-9-16-5-2-3-6-18(16)14-26)22(27)24-13-20-12-21(25-28-20)17-7-4-8-19(23)11-17/h2-8,11-12,15H,9-10,13-14H2,1H3,(H,24,27). The molecule has 2 heterocycles. The normalized spacial score (nSPS) is 15.1. The van der Waals surface area contributed by atoms with Gasteiger partial charge >= 0.3 is 0 Å². The van der Waals surface area contributed by atoms with E-state index in [0.717, 1.165) is 19.5 Å². The van der Waals surface area contributed by atoms with Crippen LogP contribution >= 0.6 is 0 Å². The molecule has 3 aromatic rings. The summed E-state index contributed by atoms with van der Waals surface area (Å²) in [6.45, 7) is 3.80. The Morgan fingerprint density at radius 3 is 2.86 bits per heavy atom. The molecule has 2 aromatic carbocycles. The number of hydrogen-bond acceptors (Lipinski definition) is 4. The minimum Gasteiger partial charge on any atom is -0.359 e. The molecule has 1 aliphatic heterocycles. The van der Waals surface area contributed by atoms with Gasteiger partial charge in [-0.25, -0.2) is 4.39 Å². The van der Waals surface area contributed by atoms with Gasteiger partial charge in [0.05, 0.1) is 12.6 Å². The van der Waals surface area contributed by atoms with Crippen molar-refractivity contribution in [1.29, 1.82) is 0 Å². The van der Waals surface area contributed by atoms with Crippen molar-refractivity contribution in [3.05, 3.63) is 77.3 Å². The molecule has 0 aliphatic carbocycles. The van der Waals surface area contributed by atoms with Gasteiger partial charge in [0.25, 0.3) is 0 Å². The number of carbonyl (C=O) groups excluding carboxylic acids is 1. The summed E-state index contributed by atoms with van der Waals surface area (Å²) in [5.41, 5.74) is 3.83. The number of rotatable bonds is 5. The van der Waals surface area contributed by atoms with Gasteiger partial charge in [-0.3, -0.25) is 9.69 Å². The molecule has 5 nitrogen and oxygen atoms in total. The van der Waals surface area contributed by atoms with Gasteiger partial charge in [-0.2, -0.15) is 0 Å². The highest BCUT2D eigenvalue weighted by molar-refractivity contribution is 5.81. The minimum atomic E-state index is -0.327. The average Bonchev–Trinajstić information content (AvgIpc) is 3.20. The maximum atomic E-state index is 13.4. The molecule has 0 radical (unpaired) electrons. The second kappa shape index (κ2) is 7.94. The first-order chi connectivity index (χ1) is 13.6. The number of benzene rings is 2. The Kier molecular flexibility index (Phi) is 5.21. The highest BCUT2D eigenvalue weighted by atomic mass is 19.1. The summed E-state index contributed by atoms with van der Waals surface area (Å²) in [4.78, 5) is 14.8. The summed E-state index contributed by atoms with van der Waals surface area (Å²) >= 11 is 0. The molecule has 1 N–H and O–H groups in total. The van der Waals surface area contributed by atoms with Crippen molar-refractivity contribution < 1.29 is 13.7 Å². The monoisotopic (exact) mass is 379 g/mol. The SMILES string of the molecule is CC(C(=O)NCc1cc(-c2cccc(F)c2)no1)N1CCc2ccccc2C1. The smallest absolute Gasteiger partial charge is 0.237 e. The first-order valence-electron chi connectivity index (χ1n) is 9.40. The summed E-state index contributed by atoms with van der Waals surface area (Å²) < 4.78 is 18.6. The van der Waals surface area contributed by atoms with E-state index < -0.39 is 0 Å². The Balaban J connectivity index is 1.34. The molecule has 144 valence electrons. The van der Waals surface area contributed by atoms with Crippen LogP contribution in [0, 0.1) is 5.82 Å². The van der Waals surface area contributed by atoms with Gasteiger partial charge in [0, 0.05) is 24.7 Å². The second-order valence-electron chi connectivity index (χ2n) is 7.07. The van der Waals surface area contributed by atoms with Gasteiger partial charge in [0.15, 0.2) is 5.76 Å². The van der Waals surface area contributed by atoms with Crippen molar-refractivity contribution in [3.63, 3.8) is 0 Å². The number of hydrogen-bond donors (Lipinski definition) is 1. The third kappa shape index (κ3) is 3.97. The molecule has 0 spiro atoms. The lowest BCUT2D eigenvalue weighted by Gasteiger charge is -2.32. The lowest BCUT2D eigenvalue weighted by Crippen LogP contribution is -2.46. The summed E-state index contributed by atoms with van der Waals surface area (Å²) in [6.07, 6.45) is 0.951. The molecule has 28 heavy (non-hydrogen) atoms. The van der Waals surface area contributed by atoms with E-state index in [-0.39, 0.29) is 24.3 Å². The Hall–Kier alpha value is -2.99. The highest BCUT2D eigenvalue weighted by Crippen LogP contribution is 2.21. The van der Waals surface area contributed by atoms with Crippen LogP contribution in [0.1, 0.15) is 23.8 Å². The van der Waals surface area contributed by atoms with Crippen molar-refractivity contribution in [3.8, 4) is 11.3 Å². The van der Waals surface area contributed by atoms with Crippen molar-refractivity contribution in [1.82, 2.24) is 15.4 Å². The third-order valence-electron chi connectivity index (χ3n) is 5.20. The van der Waals surface area contributed by atoms with Crippen molar-refractivity contribution in [2.24, 2.45) is 0 Å². The Morgan fingerprint density at radius 2 is 2.04 bits per heavy atom. The summed E-state index contributed by atoms with van der Waals surface area (Å²) in [6, 6.07) is 16.0. The Bertz CT molecular complexity index is 985. The van der Waals surface area contributed by atoms with Crippen LogP contribution in [0.3, 0.4) is 0 Å². The van der Waals surface area contributed by atoms with E-state index in [9.17, 15) is 9.18 Å². The molecule has 6 heteroatoms. The molecule has 0 bridgehead atoms. The van der Waals surface area contributed by atoms with Crippen LogP contribution in [0.15, 0.2) is 59.1 Å². The Labute approximate surface area is 163 Å². The molecule has 1 aromatic heterocycles. The number of aromatic nitrogens is 1. The highest BCUT2D eigenvalue weighted by Gasteiger charge is 2.25. The molecular weight excluding hydrogens is 357 g/mol. The van der Waals surface area contributed by atoms with Crippen LogP contribution in [-0.4, -0.2) is 28.6 Å². The first kappa shape index (κ1) is 18.4. The van der Waals surface area contributed by atoms with Gasteiger partial charge in [0.1, 0.15) is 11.5 Å². The van der Waals surface area contributed by atoms with Crippen molar-refractivity contribution >= 4 is 5.91 Å². The molecule has 0 fully saturated rings. The average molecular weight is 379 g/mol. The molecule has 0 saturated carbocycles. The fraction of sp³-hybridized carbons (Fsp3) is 0.273. The molecule has 4 rings (SSSR count). The van der Waals surface area contributed by atoms with E-state index >= 15 is 0 Å². The number of nitrogens with one attached hydrogen (secondary N) is 1. The van der Waals surface area contributed by atoms with E-state index in [1.165, 1.54) is 23.3 Å². The summed E-state index contributed by atoms with van der Waals surface area (Å²) in [7, 11) is 0. The van der Waals surface area contributed by atoms with E-state index in [2.05, 4.69) is 33.6 Å². The number of fused-ring (bicyclic) bond motifs is 1. The van der Waals surface area contributed by atoms with Crippen LogP contribution in [0.25, 0.3) is 11.3 Å². The van der Waals surface area contributed by atoms with Crippen LogP contribution in [0.4, 0.5) is 4.39 Å². The molecule has 0 saturated heterocycles. The largest absolute Gasteiger partial charge is 0.359 e. The van der Waals surface area contributed by atoms with E-state index in [0.29, 0.717) is 17.0 Å². The van der Waals surface area contributed by atoms with Crippen LogP contribution < -0.4 is 5.32 Å². The van der Waals surface area contributed by atoms with Crippen LogP contribution in [0.2, 0.25) is 0 Å². The second-order valence-corrected chi connectivity index (χ2v) is 7.07. The Morgan fingerprint density at radius 1 is 1.21 bits per heavy atom. The topological polar surface area (TPSA) is 58.4 Å². The van der Waals surface area contributed by atoms with Gasteiger partial charge < -0.3 is 9.84 Å². The third-order valence-corrected chi connectivity index (χ3v) is 5.20. The van der Waals surface area contributed by atoms with Crippen molar-refractivity contribution in [2.45, 2.75) is 32.5 Å². The lowest BCUT2D eigenvalue weighted by molar-refractivity contribution is -0.126. The molecular formula is C22H22FN3O2. The van der Waals surface area contributed by atoms with Crippen LogP contribution in [-0.2, 0) is 24.3 Å². The van der Waals surface area contributed by atoms with Gasteiger partial charge in [-0.05, 0) is 36.6 Å². The zero-order valence-electron chi connectivity index (χ0n) is 15.7. The molecule has 1 amide bonds. The quantitative estimate of drug-likeness (QED) is 0.737. The molecule has 1 atom stereocenters. The van der Waals surface area contributed by atoms with Gasteiger partial charge in [-0.1, -0.05) is 41.6 Å². The first-order valence-corrected chi connectivity index (χ1v) is 9.40. The lowest BCUT2D eigenvalue weighted by atomic mass is 9.99. The van der Waals surface area contributed by atoms with E-state index in [1.54, 1.807) is 18.2 Å². The van der Waals surface area contributed by atoms with Crippen molar-refractivity contribution in [2.75, 3.05) is 6.54 Å². The maximum absolute atomic E-state index is 13.4.